The van der Waals surface area contributed by atoms with Crippen LogP contribution in [-0.4, -0.2) is 44.8 Å². The van der Waals surface area contributed by atoms with E-state index in [0.717, 1.165) is 25.3 Å². The van der Waals surface area contributed by atoms with Gasteiger partial charge in [-0.1, -0.05) is 6.92 Å². The average molecular weight is 287 g/mol. The van der Waals surface area contributed by atoms with Gasteiger partial charge in [0, 0.05) is 37.6 Å². The molecule has 2 atom stereocenters. The number of hydrogen-bond acceptors (Lipinski definition) is 5. The molecule has 3 rings (SSSR count). The van der Waals surface area contributed by atoms with Crippen LogP contribution in [0.3, 0.4) is 0 Å². The molecule has 2 aromatic rings. The van der Waals surface area contributed by atoms with Crippen LogP contribution in [0.15, 0.2) is 30.9 Å². The zero-order chi connectivity index (χ0) is 14.7. The van der Waals surface area contributed by atoms with E-state index in [1.54, 1.807) is 7.11 Å². The Morgan fingerprint density at radius 1 is 1.33 bits per heavy atom. The van der Waals surface area contributed by atoms with Crippen LogP contribution < -0.4 is 4.74 Å². The van der Waals surface area contributed by atoms with E-state index in [-0.39, 0.29) is 0 Å². The summed E-state index contributed by atoms with van der Waals surface area (Å²) in [6, 6.07) is 4.32. The molecule has 1 fully saturated rings. The molecule has 0 aliphatic carbocycles. The minimum atomic E-state index is 0.479. The first-order valence-electron chi connectivity index (χ1n) is 7.32. The molecule has 1 aliphatic heterocycles. The molecule has 0 radical (unpaired) electrons. The molecule has 2 aromatic heterocycles. The first kappa shape index (κ1) is 14.0. The van der Waals surface area contributed by atoms with Crippen molar-refractivity contribution < 1.29 is 4.74 Å². The molecule has 0 N–H and O–H groups in total. The van der Waals surface area contributed by atoms with Gasteiger partial charge in [-0.15, -0.1) is 5.10 Å². The quantitative estimate of drug-likeness (QED) is 0.857. The summed E-state index contributed by atoms with van der Waals surface area (Å²) in [6.45, 7) is 5.26. The van der Waals surface area contributed by atoms with Crippen LogP contribution in [0, 0.1) is 5.92 Å². The Balaban J connectivity index is 1.65. The van der Waals surface area contributed by atoms with Crippen LogP contribution in [-0.2, 0) is 6.54 Å². The summed E-state index contributed by atoms with van der Waals surface area (Å²) in [5, 5.41) is 8.25. The van der Waals surface area contributed by atoms with Crippen molar-refractivity contribution in [3.05, 3.63) is 36.5 Å². The van der Waals surface area contributed by atoms with Gasteiger partial charge in [0.05, 0.1) is 19.1 Å². The second kappa shape index (κ2) is 6.22. The monoisotopic (exact) mass is 287 g/mol. The largest absolute Gasteiger partial charge is 0.480 e. The Labute approximate surface area is 124 Å². The minimum absolute atomic E-state index is 0.479. The first-order valence-corrected chi connectivity index (χ1v) is 7.32. The summed E-state index contributed by atoms with van der Waals surface area (Å²) < 4.78 is 7.26. The van der Waals surface area contributed by atoms with Crippen LogP contribution in [0.2, 0.25) is 0 Å². The van der Waals surface area contributed by atoms with Crippen LogP contribution in [0.5, 0.6) is 5.88 Å². The van der Waals surface area contributed by atoms with Gasteiger partial charge in [-0.05, 0) is 24.9 Å². The molecule has 0 spiro atoms. The smallest absolute Gasteiger partial charge is 0.233 e. The summed E-state index contributed by atoms with van der Waals surface area (Å²) in [4.78, 5) is 6.60. The third-order valence-electron chi connectivity index (χ3n) is 4.20. The number of hydrogen-bond donors (Lipinski definition) is 0. The molecule has 0 aromatic carbocycles. The van der Waals surface area contributed by atoms with Gasteiger partial charge < -0.3 is 9.30 Å². The van der Waals surface area contributed by atoms with Gasteiger partial charge in [-0.25, -0.2) is 4.98 Å². The summed E-state index contributed by atoms with van der Waals surface area (Å²) in [5.74, 6) is 1.22. The van der Waals surface area contributed by atoms with Crippen molar-refractivity contribution in [1.29, 1.82) is 0 Å². The maximum Gasteiger partial charge on any atom is 0.233 e. The second-order valence-corrected chi connectivity index (χ2v) is 5.65. The lowest BCUT2D eigenvalue weighted by Gasteiger charge is -2.37. The predicted octanol–water partition coefficient (Wildman–Crippen LogP) is 1.76. The van der Waals surface area contributed by atoms with Crippen molar-refractivity contribution in [2.75, 3.05) is 20.2 Å². The fraction of sp³-hybridized carbons (Fsp3) is 0.533. The van der Waals surface area contributed by atoms with E-state index in [1.165, 1.54) is 6.42 Å². The lowest BCUT2D eigenvalue weighted by molar-refractivity contribution is 0.125. The van der Waals surface area contributed by atoms with E-state index in [0.29, 0.717) is 17.8 Å². The summed E-state index contributed by atoms with van der Waals surface area (Å²) in [6.07, 6.45) is 7.00. The third-order valence-corrected chi connectivity index (χ3v) is 4.20. The van der Waals surface area contributed by atoms with Crippen LogP contribution >= 0.6 is 0 Å². The zero-order valence-electron chi connectivity index (χ0n) is 12.5. The fourth-order valence-corrected chi connectivity index (χ4v) is 2.88. The number of likely N-dealkylation sites (tertiary alicyclic amines) is 1. The fourth-order valence-electron chi connectivity index (χ4n) is 2.88. The Morgan fingerprint density at radius 2 is 2.24 bits per heavy atom. The molecule has 1 aliphatic rings. The molecule has 0 bridgehead atoms. The minimum Gasteiger partial charge on any atom is -0.480 e. The molecule has 1 saturated heterocycles. The van der Waals surface area contributed by atoms with E-state index in [1.807, 2.05) is 24.7 Å². The molecule has 6 nitrogen and oxygen atoms in total. The van der Waals surface area contributed by atoms with E-state index in [9.17, 15) is 0 Å². The second-order valence-electron chi connectivity index (χ2n) is 5.65. The molecular weight excluding hydrogens is 266 g/mol. The van der Waals surface area contributed by atoms with E-state index in [2.05, 4.69) is 37.8 Å². The normalized spacial score (nSPS) is 23.1. The third kappa shape index (κ3) is 3.21. The SMILES string of the molecule is COc1ccc(CN2CC[C@@H](C)[C@H](n3ccnc3)C2)nn1. The number of rotatable bonds is 4. The van der Waals surface area contributed by atoms with Gasteiger partial charge in [0.25, 0.3) is 0 Å². The zero-order valence-corrected chi connectivity index (χ0v) is 12.5. The lowest BCUT2D eigenvalue weighted by Crippen LogP contribution is -2.40. The summed E-state index contributed by atoms with van der Waals surface area (Å²) >= 11 is 0. The maximum absolute atomic E-state index is 5.04. The molecule has 21 heavy (non-hydrogen) atoms. The number of aromatic nitrogens is 4. The first-order chi connectivity index (χ1) is 10.3. The van der Waals surface area contributed by atoms with Gasteiger partial charge in [-0.2, -0.15) is 5.10 Å². The highest BCUT2D eigenvalue weighted by molar-refractivity contribution is 5.11. The van der Waals surface area contributed by atoms with Crippen molar-refractivity contribution in [2.45, 2.75) is 25.9 Å². The predicted molar refractivity (Wildman–Crippen MR) is 78.9 cm³/mol. The summed E-state index contributed by atoms with van der Waals surface area (Å²) in [7, 11) is 1.60. The number of methoxy groups -OCH3 is 1. The Hall–Kier alpha value is -1.95. The van der Waals surface area contributed by atoms with Crippen molar-refractivity contribution in [1.82, 2.24) is 24.6 Å². The Kier molecular flexibility index (Phi) is 4.15. The van der Waals surface area contributed by atoms with E-state index >= 15 is 0 Å². The highest BCUT2D eigenvalue weighted by Gasteiger charge is 2.27. The van der Waals surface area contributed by atoms with Crippen molar-refractivity contribution in [2.24, 2.45) is 5.92 Å². The Bertz CT molecular complexity index is 554. The van der Waals surface area contributed by atoms with E-state index < -0.39 is 0 Å². The van der Waals surface area contributed by atoms with Crippen LogP contribution in [0.4, 0.5) is 0 Å². The molecule has 0 saturated carbocycles. The van der Waals surface area contributed by atoms with Gasteiger partial charge in [0.1, 0.15) is 0 Å². The molecule has 6 heteroatoms. The highest BCUT2D eigenvalue weighted by Crippen LogP contribution is 2.28. The topological polar surface area (TPSA) is 56.1 Å². The van der Waals surface area contributed by atoms with Crippen molar-refractivity contribution in [3.63, 3.8) is 0 Å². The molecule has 0 unspecified atom stereocenters. The van der Waals surface area contributed by atoms with Gasteiger partial charge in [0.15, 0.2) is 0 Å². The average Bonchev–Trinajstić information content (AvgIpc) is 3.04. The molecule has 3 heterocycles. The number of ether oxygens (including phenoxy) is 1. The number of piperidine rings is 1. The lowest BCUT2D eigenvalue weighted by atomic mass is 9.93. The van der Waals surface area contributed by atoms with Crippen LogP contribution in [0.25, 0.3) is 0 Å². The number of imidazole rings is 1. The molecule has 0 amide bonds. The van der Waals surface area contributed by atoms with Crippen molar-refractivity contribution in [3.8, 4) is 5.88 Å². The molecule has 112 valence electrons. The van der Waals surface area contributed by atoms with Gasteiger partial charge in [0.2, 0.25) is 5.88 Å². The highest BCUT2D eigenvalue weighted by atomic mass is 16.5. The van der Waals surface area contributed by atoms with Gasteiger partial charge in [-0.3, -0.25) is 4.90 Å². The standard InChI is InChI=1S/C15H21N5O/c1-12-5-7-19(10-14(12)20-8-6-16-11-20)9-13-3-4-15(21-2)18-17-13/h3-4,6,8,11-12,14H,5,7,9-10H2,1-2H3/t12-,14-/m1/s1. The maximum atomic E-state index is 5.04. The van der Waals surface area contributed by atoms with E-state index in [4.69, 9.17) is 4.74 Å². The van der Waals surface area contributed by atoms with Crippen molar-refractivity contribution >= 4 is 0 Å². The summed E-state index contributed by atoms with van der Waals surface area (Å²) in [5.41, 5.74) is 0.981. The number of nitrogens with zero attached hydrogens (tertiary/aromatic N) is 5. The van der Waals surface area contributed by atoms with Crippen LogP contribution in [0.1, 0.15) is 25.1 Å². The Morgan fingerprint density at radius 3 is 2.90 bits per heavy atom. The molecular formula is C15H21N5O. The van der Waals surface area contributed by atoms with Gasteiger partial charge >= 0.3 is 0 Å².